The lowest BCUT2D eigenvalue weighted by atomic mass is 9.97. The molecule has 0 radical (unpaired) electrons. The lowest BCUT2D eigenvalue weighted by Crippen LogP contribution is -2.23. The van der Waals surface area contributed by atoms with Gasteiger partial charge in [0.15, 0.2) is 0 Å². The predicted octanol–water partition coefficient (Wildman–Crippen LogP) is 5.43. The lowest BCUT2D eigenvalue weighted by Gasteiger charge is -2.14. The number of aromatic carboxylic acids is 1. The van der Waals surface area contributed by atoms with Crippen LogP contribution in [0.3, 0.4) is 0 Å². The predicted molar refractivity (Wildman–Crippen MR) is 124 cm³/mol. The number of hydrogen-bond acceptors (Lipinski definition) is 4. The highest BCUT2D eigenvalue weighted by Crippen LogP contribution is 2.29. The molecule has 0 saturated heterocycles. The van der Waals surface area contributed by atoms with Crippen LogP contribution in [-0.2, 0) is 6.54 Å². The standard InChI is InChI=1S/C25H24ClNO5/c1-15(2)32-18-9-10-21(22(26)13-18)24(28)27-14-17-12-16(8-11-23(17)31-3)19-6-4-5-7-20(19)25(29)30/h4-13,15H,14H2,1-3H3,(H,27,28)(H,29,30). The number of carboxylic acids is 1. The van der Waals surface area contributed by atoms with E-state index in [0.29, 0.717) is 33.8 Å². The Bertz CT molecular complexity index is 1140. The van der Waals surface area contributed by atoms with Gasteiger partial charge in [0.1, 0.15) is 11.5 Å². The second-order valence-corrected chi connectivity index (χ2v) is 7.78. The van der Waals surface area contributed by atoms with Gasteiger partial charge in [-0.25, -0.2) is 4.79 Å². The number of halogens is 1. The highest BCUT2D eigenvalue weighted by molar-refractivity contribution is 6.34. The third-order valence-corrected chi connectivity index (χ3v) is 5.06. The maximum absolute atomic E-state index is 12.7. The van der Waals surface area contributed by atoms with Crippen molar-refractivity contribution in [3.8, 4) is 22.6 Å². The van der Waals surface area contributed by atoms with Gasteiger partial charge in [-0.05, 0) is 61.4 Å². The molecule has 0 atom stereocenters. The molecule has 32 heavy (non-hydrogen) atoms. The van der Waals surface area contributed by atoms with Crippen molar-refractivity contribution in [2.45, 2.75) is 26.5 Å². The van der Waals surface area contributed by atoms with Gasteiger partial charge in [0.05, 0.1) is 29.4 Å². The molecule has 0 fully saturated rings. The summed E-state index contributed by atoms with van der Waals surface area (Å²) in [6, 6.07) is 17.0. The van der Waals surface area contributed by atoms with Gasteiger partial charge in [-0.1, -0.05) is 35.9 Å². The smallest absolute Gasteiger partial charge is 0.336 e. The number of carbonyl (C=O) groups excluding carboxylic acids is 1. The normalized spacial score (nSPS) is 10.7. The summed E-state index contributed by atoms with van der Waals surface area (Å²) < 4.78 is 11.0. The van der Waals surface area contributed by atoms with Gasteiger partial charge in [-0.15, -0.1) is 0 Å². The van der Waals surface area contributed by atoms with E-state index in [4.69, 9.17) is 21.1 Å². The number of amides is 1. The first-order valence-electron chi connectivity index (χ1n) is 10.0. The topological polar surface area (TPSA) is 84.9 Å². The summed E-state index contributed by atoms with van der Waals surface area (Å²) in [4.78, 5) is 24.3. The molecule has 0 saturated carbocycles. The molecule has 0 aromatic heterocycles. The summed E-state index contributed by atoms with van der Waals surface area (Å²) >= 11 is 6.28. The summed E-state index contributed by atoms with van der Waals surface area (Å²) in [5, 5.41) is 12.6. The first-order valence-corrected chi connectivity index (χ1v) is 10.4. The fourth-order valence-electron chi connectivity index (χ4n) is 3.30. The zero-order chi connectivity index (χ0) is 23.3. The van der Waals surface area contributed by atoms with E-state index < -0.39 is 5.97 Å². The van der Waals surface area contributed by atoms with Crippen LogP contribution in [0.15, 0.2) is 60.7 Å². The van der Waals surface area contributed by atoms with E-state index in [1.165, 1.54) is 7.11 Å². The van der Waals surface area contributed by atoms with Crippen LogP contribution < -0.4 is 14.8 Å². The Hall–Kier alpha value is -3.51. The highest BCUT2D eigenvalue weighted by Gasteiger charge is 2.15. The molecule has 0 unspecified atom stereocenters. The monoisotopic (exact) mass is 453 g/mol. The first-order chi connectivity index (χ1) is 15.3. The summed E-state index contributed by atoms with van der Waals surface area (Å²) in [6.07, 6.45) is -0.00302. The fourth-order valence-corrected chi connectivity index (χ4v) is 3.56. The van der Waals surface area contributed by atoms with Crippen molar-refractivity contribution in [2.75, 3.05) is 7.11 Å². The van der Waals surface area contributed by atoms with Crippen LogP contribution in [0, 0.1) is 0 Å². The molecule has 166 valence electrons. The Morgan fingerprint density at radius 2 is 1.78 bits per heavy atom. The number of nitrogens with one attached hydrogen (secondary N) is 1. The molecule has 1 amide bonds. The number of carbonyl (C=O) groups is 2. The van der Waals surface area contributed by atoms with E-state index in [0.717, 1.165) is 0 Å². The molecular formula is C25H24ClNO5. The minimum atomic E-state index is -1.01. The largest absolute Gasteiger partial charge is 0.496 e. The first kappa shape index (κ1) is 23.2. The number of ether oxygens (including phenoxy) is 2. The minimum Gasteiger partial charge on any atom is -0.496 e. The molecule has 2 N–H and O–H groups in total. The van der Waals surface area contributed by atoms with E-state index in [1.54, 1.807) is 54.6 Å². The van der Waals surface area contributed by atoms with E-state index in [2.05, 4.69) is 5.32 Å². The van der Waals surface area contributed by atoms with Crippen molar-refractivity contribution in [3.05, 3.63) is 82.4 Å². The summed E-state index contributed by atoms with van der Waals surface area (Å²) in [6.45, 7) is 3.99. The van der Waals surface area contributed by atoms with Crippen LogP contribution in [-0.4, -0.2) is 30.2 Å². The van der Waals surface area contributed by atoms with Crippen LogP contribution in [0.2, 0.25) is 5.02 Å². The average Bonchev–Trinajstić information content (AvgIpc) is 2.77. The Kier molecular flexibility index (Phi) is 7.38. The molecule has 0 aliphatic heterocycles. The molecule has 0 bridgehead atoms. The number of hydrogen-bond donors (Lipinski definition) is 2. The summed E-state index contributed by atoms with van der Waals surface area (Å²) in [5.74, 6) is -0.183. The lowest BCUT2D eigenvalue weighted by molar-refractivity contribution is 0.0697. The maximum atomic E-state index is 12.7. The van der Waals surface area contributed by atoms with Crippen LogP contribution in [0.25, 0.3) is 11.1 Å². The Balaban J connectivity index is 1.83. The van der Waals surface area contributed by atoms with E-state index >= 15 is 0 Å². The van der Waals surface area contributed by atoms with Crippen molar-refractivity contribution >= 4 is 23.5 Å². The third kappa shape index (κ3) is 5.39. The molecule has 3 aromatic carbocycles. The zero-order valence-electron chi connectivity index (χ0n) is 18.0. The van der Waals surface area contributed by atoms with E-state index in [1.807, 2.05) is 19.9 Å². The van der Waals surface area contributed by atoms with Gasteiger partial charge in [0, 0.05) is 12.1 Å². The van der Waals surface area contributed by atoms with Crippen molar-refractivity contribution in [2.24, 2.45) is 0 Å². The quantitative estimate of drug-likeness (QED) is 0.475. The molecule has 0 aliphatic carbocycles. The summed E-state index contributed by atoms with van der Waals surface area (Å²) in [5.41, 5.74) is 2.52. The van der Waals surface area contributed by atoms with Crippen LogP contribution >= 0.6 is 11.6 Å². The molecule has 0 aliphatic rings. The molecule has 3 rings (SSSR count). The molecule has 7 heteroatoms. The van der Waals surface area contributed by atoms with Gasteiger partial charge in [0.2, 0.25) is 0 Å². The molecule has 6 nitrogen and oxygen atoms in total. The Morgan fingerprint density at radius 1 is 1.03 bits per heavy atom. The molecule has 0 spiro atoms. The van der Waals surface area contributed by atoms with Crippen molar-refractivity contribution in [1.82, 2.24) is 5.32 Å². The Morgan fingerprint density at radius 3 is 2.44 bits per heavy atom. The van der Waals surface area contributed by atoms with E-state index in [9.17, 15) is 14.7 Å². The van der Waals surface area contributed by atoms with E-state index in [-0.39, 0.29) is 29.1 Å². The van der Waals surface area contributed by atoms with Crippen molar-refractivity contribution < 1.29 is 24.2 Å². The number of benzene rings is 3. The van der Waals surface area contributed by atoms with Crippen LogP contribution in [0.1, 0.15) is 40.1 Å². The number of carboxylic acid groups (broad SMARTS) is 1. The van der Waals surface area contributed by atoms with Gasteiger partial charge in [-0.2, -0.15) is 0 Å². The maximum Gasteiger partial charge on any atom is 0.336 e. The molecular weight excluding hydrogens is 430 g/mol. The van der Waals surface area contributed by atoms with Crippen LogP contribution in [0.4, 0.5) is 0 Å². The third-order valence-electron chi connectivity index (χ3n) is 4.75. The highest BCUT2D eigenvalue weighted by atomic mass is 35.5. The van der Waals surface area contributed by atoms with Gasteiger partial charge in [-0.3, -0.25) is 4.79 Å². The average molecular weight is 454 g/mol. The second kappa shape index (κ2) is 10.2. The molecule has 3 aromatic rings. The van der Waals surface area contributed by atoms with Crippen molar-refractivity contribution in [3.63, 3.8) is 0 Å². The van der Waals surface area contributed by atoms with Crippen molar-refractivity contribution in [1.29, 1.82) is 0 Å². The van der Waals surface area contributed by atoms with Gasteiger partial charge < -0.3 is 19.9 Å². The summed E-state index contributed by atoms with van der Waals surface area (Å²) in [7, 11) is 1.54. The van der Waals surface area contributed by atoms with Crippen LogP contribution in [0.5, 0.6) is 11.5 Å². The molecule has 0 heterocycles. The Labute approximate surface area is 191 Å². The van der Waals surface area contributed by atoms with Gasteiger partial charge >= 0.3 is 5.97 Å². The fraction of sp³-hybridized carbons (Fsp3) is 0.200. The number of rotatable bonds is 8. The SMILES string of the molecule is COc1ccc(-c2ccccc2C(=O)O)cc1CNC(=O)c1ccc(OC(C)C)cc1Cl. The minimum absolute atomic E-state index is 0.00302. The number of methoxy groups -OCH3 is 1. The second-order valence-electron chi connectivity index (χ2n) is 7.37. The van der Waals surface area contributed by atoms with Gasteiger partial charge in [0.25, 0.3) is 5.91 Å². The zero-order valence-corrected chi connectivity index (χ0v) is 18.8.